The van der Waals surface area contributed by atoms with Gasteiger partial charge in [0.25, 0.3) is 5.91 Å². The maximum absolute atomic E-state index is 12.3. The molecule has 0 saturated carbocycles. The predicted molar refractivity (Wildman–Crippen MR) is 100 cm³/mol. The van der Waals surface area contributed by atoms with Crippen LogP contribution in [0.3, 0.4) is 0 Å². The molecule has 2 aromatic carbocycles. The van der Waals surface area contributed by atoms with Crippen LogP contribution < -0.4 is 14.8 Å². The number of rotatable bonds is 8. The van der Waals surface area contributed by atoms with Gasteiger partial charge in [-0.15, -0.1) is 0 Å². The van der Waals surface area contributed by atoms with Crippen LogP contribution in [-0.4, -0.2) is 25.2 Å². The second-order valence-corrected chi connectivity index (χ2v) is 6.29. The van der Waals surface area contributed by atoms with Gasteiger partial charge in [-0.05, 0) is 62.6 Å². The second kappa shape index (κ2) is 9.11. The van der Waals surface area contributed by atoms with Crippen molar-refractivity contribution in [2.45, 2.75) is 40.2 Å². The van der Waals surface area contributed by atoms with Crippen LogP contribution in [0.1, 0.15) is 30.0 Å². The standard InChI is InChI=1S/C21H27NO3/c1-5-20(25-18-8-6-15(2)7-9-18)21(23)22-10-11-24-19-13-16(3)12-17(4)14-19/h6-9,12-14,20H,5,10-11H2,1-4H3,(H,22,23)/t20-/m0/s1. The van der Waals surface area contributed by atoms with Crippen LogP contribution in [0.15, 0.2) is 42.5 Å². The zero-order valence-corrected chi connectivity index (χ0v) is 15.5. The van der Waals surface area contributed by atoms with E-state index in [1.54, 1.807) is 0 Å². The van der Waals surface area contributed by atoms with E-state index in [0.29, 0.717) is 25.3 Å². The van der Waals surface area contributed by atoms with Gasteiger partial charge in [-0.2, -0.15) is 0 Å². The van der Waals surface area contributed by atoms with E-state index in [1.165, 1.54) is 0 Å². The van der Waals surface area contributed by atoms with Gasteiger partial charge in [-0.25, -0.2) is 0 Å². The molecule has 1 atom stereocenters. The molecule has 0 spiro atoms. The van der Waals surface area contributed by atoms with Gasteiger partial charge in [0, 0.05) is 0 Å². The molecule has 1 N–H and O–H groups in total. The number of hydrogen-bond donors (Lipinski definition) is 1. The summed E-state index contributed by atoms with van der Waals surface area (Å²) in [7, 11) is 0. The number of hydrogen-bond acceptors (Lipinski definition) is 3. The van der Waals surface area contributed by atoms with Gasteiger partial charge in [-0.3, -0.25) is 4.79 Å². The third-order valence-corrected chi connectivity index (χ3v) is 3.83. The van der Waals surface area contributed by atoms with Crippen molar-refractivity contribution in [1.82, 2.24) is 5.32 Å². The highest BCUT2D eigenvalue weighted by atomic mass is 16.5. The highest BCUT2D eigenvalue weighted by Gasteiger charge is 2.17. The van der Waals surface area contributed by atoms with E-state index in [1.807, 2.05) is 64.1 Å². The number of aryl methyl sites for hydroxylation is 3. The SMILES string of the molecule is CC[C@H](Oc1ccc(C)cc1)C(=O)NCCOc1cc(C)cc(C)c1. The lowest BCUT2D eigenvalue weighted by Crippen LogP contribution is -2.39. The zero-order chi connectivity index (χ0) is 18.2. The molecule has 0 saturated heterocycles. The van der Waals surface area contributed by atoms with Gasteiger partial charge in [0.1, 0.15) is 18.1 Å². The Kier molecular flexibility index (Phi) is 6.87. The first kappa shape index (κ1) is 18.8. The van der Waals surface area contributed by atoms with Crippen molar-refractivity contribution >= 4 is 5.91 Å². The molecule has 0 heterocycles. The molecule has 0 radical (unpaired) electrons. The van der Waals surface area contributed by atoms with Crippen LogP contribution in [0.2, 0.25) is 0 Å². The first-order chi connectivity index (χ1) is 12.0. The van der Waals surface area contributed by atoms with Crippen molar-refractivity contribution < 1.29 is 14.3 Å². The molecule has 2 aromatic rings. The Labute approximate surface area is 150 Å². The summed E-state index contributed by atoms with van der Waals surface area (Å²) in [6, 6.07) is 13.8. The van der Waals surface area contributed by atoms with E-state index in [4.69, 9.17) is 9.47 Å². The number of ether oxygens (including phenoxy) is 2. The number of carbonyl (C=O) groups is 1. The topological polar surface area (TPSA) is 47.6 Å². The minimum absolute atomic E-state index is 0.118. The summed E-state index contributed by atoms with van der Waals surface area (Å²) >= 11 is 0. The molecule has 0 unspecified atom stereocenters. The van der Waals surface area contributed by atoms with E-state index in [0.717, 1.165) is 22.4 Å². The summed E-state index contributed by atoms with van der Waals surface area (Å²) in [5, 5.41) is 2.88. The van der Waals surface area contributed by atoms with Gasteiger partial charge in [0.05, 0.1) is 6.54 Å². The van der Waals surface area contributed by atoms with Crippen molar-refractivity contribution in [3.63, 3.8) is 0 Å². The molecule has 25 heavy (non-hydrogen) atoms. The average molecular weight is 341 g/mol. The average Bonchev–Trinajstić information content (AvgIpc) is 2.57. The Balaban J connectivity index is 1.78. The van der Waals surface area contributed by atoms with Crippen LogP contribution in [0.25, 0.3) is 0 Å². The molecule has 0 bridgehead atoms. The minimum Gasteiger partial charge on any atom is -0.492 e. The van der Waals surface area contributed by atoms with Crippen LogP contribution in [0.5, 0.6) is 11.5 Å². The summed E-state index contributed by atoms with van der Waals surface area (Å²) in [6.07, 6.45) is 0.112. The molecule has 0 fully saturated rings. The predicted octanol–water partition coefficient (Wildman–Crippen LogP) is 3.96. The Morgan fingerprint density at radius 1 is 0.960 bits per heavy atom. The molecule has 0 aliphatic rings. The van der Waals surface area contributed by atoms with Crippen molar-refractivity contribution in [2.24, 2.45) is 0 Å². The fourth-order valence-electron chi connectivity index (χ4n) is 2.58. The quantitative estimate of drug-likeness (QED) is 0.739. The largest absolute Gasteiger partial charge is 0.492 e. The second-order valence-electron chi connectivity index (χ2n) is 6.29. The Hall–Kier alpha value is -2.49. The lowest BCUT2D eigenvalue weighted by Gasteiger charge is -2.17. The van der Waals surface area contributed by atoms with E-state index in [-0.39, 0.29) is 5.91 Å². The van der Waals surface area contributed by atoms with Crippen molar-refractivity contribution in [3.8, 4) is 11.5 Å². The van der Waals surface area contributed by atoms with Gasteiger partial charge < -0.3 is 14.8 Å². The first-order valence-electron chi connectivity index (χ1n) is 8.70. The van der Waals surface area contributed by atoms with Crippen LogP contribution >= 0.6 is 0 Å². The molecule has 0 aliphatic heterocycles. The van der Waals surface area contributed by atoms with E-state index < -0.39 is 6.10 Å². The fraction of sp³-hybridized carbons (Fsp3) is 0.381. The Bertz CT molecular complexity index is 675. The smallest absolute Gasteiger partial charge is 0.261 e. The molecule has 0 aromatic heterocycles. The highest BCUT2D eigenvalue weighted by molar-refractivity contribution is 5.81. The highest BCUT2D eigenvalue weighted by Crippen LogP contribution is 2.16. The number of carbonyl (C=O) groups excluding carboxylic acids is 1. The molecule has 4 nitrogen and oxygen atoms in total. The van der Waals surface area contributed by atoms with E-state index >= 15 is 0 Å². The number of nitrogens with one attached hydrogen (secondary N) is 1. The van der Waals surface area contributed by atoms with Crippen LogP contribution in [-0.2, 0) is 4.79 Å². The Morgan fingerprint density at radius 3 is 2.20 bits per heavy atom. The summed E-state index contributed by atoms with van der Waals surface area (Å²) in [4.78, 5) is 12.3. The van der Waals surface area contributed by atoms with Gasteiger partial charge >= 0.3 is 0 Å². The normalized spacial score (nSPS) is 11.7. The maximum Gasteiger partial charge on any atom is 0.261 e. The van der Waals surface area contributed by atoms with Crippen LogP contribution in [0, 0.1) is 20.8 Å². The number of amides is 1. The third kappa shape index (κ3) is 6.14. The minimum atomic E-state index is -0.496. The monoisotopic (exact) mass is 341 g/mol. The van der Waals surface area contributed by atoms with Crippen molar-refractivity contribution in [1.29, 1.82) is 0 Å². The van der Waals surface area contributed by atoms with Crippen molar-refractivity contribution in [3.05, 3.63) is 59.2 Å². The lowest BCUT2D eigenvalue weighted by atomic mass is 10.1. The molecular weight excluding hydrogens is 314 g/mol. The summed E-state index contributed by atoms with van der Waals surface area (Å²) in [5.41, 5.74) is 3.49. The Morgan fingerprint density at radius 2 is 1.60 bits per heavy atom. The lowest BCUT2D eigenvalue weighted by molar-refractivity contribution is -0.128. The van der Waals surface area contributed by atoms with E-state index in [2.05, 4.69) is 11.4 Å². The molecule has 134 valence electrons. The zero-order valence-electron chi connectivity index (χ0n) is 15.5. The molecule has 4 heteroatoms. The van der Waals surface area contributed by atoms with Gasteiger partial charge in [0.2, 0.25) is 0 Å². The van der Waals surface area contributed by atoms with Crippen LogP contribution in [0.4, 0.5) is 0 Å². The molecule has 2 rings (SSSR count). The summed E-state index contributed by atoms with van der Waals surface area (Å²) in [6.45, 7) is 8.90. The maximum atomic E-state index is 12.3. The third-order valence-electron chi connectivity index (χ3n) is 3.83. The van der Waals surface area contributed by atoms with Crippen molar-refractivity contribution in [2.75, 3.05) is 13.2 Å². The summed E-state index contributed by atoms with van der Waals surface area (Å²) < 4.78 is 11.5. The molecular formula is C21H27NO3. The molecule has 0 aliphatic carbocycles. The van der Waals surface area contributed by atoms with E-state index in [9.17, 15) is 4.79 Å². The molecule has 1 amide bonds. The number of benzene rings is 2. The summed E-state index contributed by atoms with van der Waals surface area (Å²) in [5.74, 6) is 1.42. The fourth-order valence-corrected chi connectivity index (χ4v) is 2.58. The first-order valence-corrected chi connectivity index (χ1v) is 8.70. The van der Waals surface area contributed by atoms with Gasteiger partial charge in [0.15, 0.2) is 6.10 Å². The van der Waals surface area contributed by atoms with Gasteiger partial charge in [-0.1, -0.05) is 30.7 Å².